The van der Waals surface area contributed by atoms with Crippen molar-refractivity contribution >= 4 is 17.2 Å². The van der Waals surface area contributed by atoms with Gasteiger partial charge in [0.15, 0.2) is 0 Å². The van der Waals surface area contributed by atoms with Gasteiger partial charge in [0.05, 0.1) is 28.9 Å². The number of aryl methyl sites for hydroxylation is 1. The molecule has 31 heavy (non-hydrogen) atoms. The van der Waals surface area contributed by atoms with Crippen LogP contribution in [0, 0.1) is 12.7 Å². The largest absolute Gasteiger partial charge is 0.339 e. The zero-order valence-electron chi connectivity index (χ0n) is 17.5. The quantitative estimate of drug-likeness (QED) is 0.444. The van der Waals surface area contributed by atoms with Crippen LogP contribution in [0.25, 0.3) is 16.9 Å². The molecule has 0 bridgehead atoms. The number of amides is 1. The molecule has 2 aromatic heterocycles. The summed E-state index contributed by atoms with van der Waals surface area (Å²) in [5.74, 6) is -0.295. The van der Waals surface area contributed by atoms with E-state index < -0.39 is 0 Å². The molecule has 0 fully saturated rings. The molecule has 1 amide bonds. The number of hydrogen-bond acceptors (Lipinski definition) is 5. The summed E-state index contributed by atoms with van der Waals surface area (Å²) in [5.41, 5.74) is 3.49. The minimum Gasteiger partial charge on any atom is -0.339 e. The van der Waals surface area contributed by atoms with Crippen LogP contribution in [-0.2, 0) is 11.2 Å². The van der Waals surface area contributed by atoms with Crippen molar-refractivity contribution in [2.24, 2.45) is 0 Å². The van der Waals surface area contributed by atoms with Crippen LogP contribution in [0.15, 0.2) is 61.2 Å². The fraction of sp³-hybridized carbons (Fsp3) is 0.217. The normalized spacial score (nSPS) is 12.0. The summed E-state index contributed by atoms with van der Waals surface area (Å²) in [6.45, 7) is 3.91. The van der Waals surface area contributed by atoms with Crippen LogP contribution in [0.4, 0.5) is 4.39 Å². The van der Waals surface area contributed by atoms with Crippen molar-refractivity contribution in [1.82, 2.24) is 24.6 Å². The molecule has 4 aromatic rings. The van der Waals surface area contributed by atoms with Gasteiger partial charge in [-0.1, -0.05) is 12.1 Å². The molecule has 158 valence electrons. The predicted octanol–water partition coefficient (Wildman–Crippen LogP) is 4.60. The monoisotopic (exact) mass is 435 g/mol. The smallest absolute Gasteiger partial charge is 0.228 e. The molecule has 0 aliphatic carbocycles. The number of halogens is 1. The van der Waals surface area contributed by atoms with Crippen LogP contribution >= 0.6 is 11.3 Å². The zero-order chi connectivity index (χ0) is 22.0. The first-order valence-corrected chi connectivity index (χ1v) is 10.7. The average Bonchev–Trinajstić information content (AvgIpc) is 3.43. The van der Waals surface area contributed by atoms with Gasteiger partial charge in [0.25, 0.3) is 0 Å². The molecule has 0 saturated heterocycles. The maximum atomic E-state index is 13.3. The van der Waals surface area contributed by atoms with Gasteiger partial charge in [-0.2, -0.15) is 5.10 Å². The minimum atomic E-state index is -0.295. The average molecular weight is 436 g/mol. The SMILES string of the molecule is Cc1nc(-c2ccc(F)cc2)c(CC(=O)N(C)[C@@H](C)c2ccc(-n3cncn3)cc2)s1. The summed E-state index contributed by atoms with van der Waals surface area (Å²) in [7, 11) is 1.81. The first-order valence-electron chi connectivity index (χ1n) is 9.85. The van der Waals surface area contributed by atoms with E-state index in [1.807, 2.05) is 45.2 Å². The number of thiazole rings is 1. The predicted molar refractivity (Wildman–Crippen MR) is 118 cm³/mol. The third-order valence-electron chi connectivity index (χ3n) is 5.27. The van der Waals surface area contributed by atoms with Gasteiger partial charge in [-0.15, -0.1) is 11.3 Å². The Kier molecular flexibility index (Phi) is 5.90. The highest BCUT2D eigenvalue weighted by atomic mass is 32.1. The van der Waals surface area contributed by atoms with Crippen LogP contribution in [0.5, 0.6) is 0 Å². The molecule has 8 heteroatoms. The second-order valence-corrected chi connectivity index (χ2v) is 8.59. The fourth-order valence-electron chi connectivity index (χ4n) is 3.37. The lowest BCUT2D eigenvalue weighted by Crippen LogP contribution is -2.30. The molecule has 0 aliphatic rings. The van der Waals surface area contributed by atoms with E-state index in [1.54, 1.807) is 28.0 Å². The van der Waals surface area contributed by atoms with Gasteiger partial charge in [0.1, 0.15) is 18.5 Å². The molecule has 2 heterocycles. The molecule has 2 aromatic carbocycles. The lowest BCUT2D eigenvalue weighted by molar-refractivity contribution is -0.131. The number of carbonyl (C=O) groups is 1. The van der Waals surface area contributed by atoms with Crippen LogP contribution in [-0.4, -0.2) is 37.6 Å². The number of aromatic nitrogens is 4. The van der Waals surface area contributed by atoms with Crippen LogP contribution in [0.3, 0.4) is 0 Å². The molecule has 6 nitrogen and oxygen atoms in total. The number of benzene rings is 2. The Bertz CT molecular complexity index is 1170. The Morgan fingerprint density at radius 3 is 2.52 bits per heavy atom. The first-order chi connectivity index (χ1) is 14.9. The summed E-state index contributed by atoms with van der Waals surface area (Å²) in [6, 6.07) is 14.0. The van der Waals surface area contributed by atoms with Gasteiger partial charge >= 0.3 is 0 Å². The minimum absolute atomic E-state index is 0.000126. The molecule has 0 aliphatic heterocycles. The van der Waals surface area contributed by atoms with Crippen LogP contribution in [0.1, 0.15) is 28.4 Å². The third-order valence-corrected chi connectivity index (χ3v) is 6.24. The maximum Gasteiger partial charge on any atom is 0.228 e. The van der Waals surface area contributed by atoms with E-state index in [0.29, 0.717) is 0 Å². The molecule has 0 unspecified atom stereocenters. The molecular formula is C23H22FN5OS. The van der Waals surface area contributed by atoms with Gasteiger partial charge in [-0.25, -0.2) is 19.0 Å². The topological polar surface area (TPSA) is 63.9 Å². The van der Waals surface area contributed by atoms with Crippen molar-refractivity contribution in [3.05, 3.63) is 82.5 Å². The molecule has 4 rings (SSSR count). The molecule has 0 saturated carbocycles. The van der Waals surface area contributed by atoms with Crippen LogP contribution in [0.2, 0.25) is 0 Å². The summed E-state index contributed by atoms with van der Waals surface area (Å²) in [4.78, 5) is 24.2. The summed E-state index contributed by atoms with van der Waals surface area (Å²) >= 11 is 1.50. The van der Waals surface area contributed by atoms with E-state index in [9.17, 15) is 9.18 Å². The van der Waals surface area contributed by atoms with Gasteiger partial charge < -0.3 is 4.90 Å². The molecule has 0 spiro atoms. The highest BCUT2D eigenvalue weighted by Gasteiger charge is 2.21. The van der Waals surface area contributed by atoms with E-state index in [4.69, 9.17) is 0 Å². The number of hydrogen-bond donors (Lipinski definition) is 0. The van der Waals surface area contributed by atoms with Crippen LogP contribution < -0.4 is 0 Å². The Morgan fingerprint density at radius 2 is 1.87 bits per heavy atom. The molecule has 0 N–H and O–H groups in total. The van der Waals surface area contributed by atoms with E-state index in [1.165, 1.54) is 29.8 Å². The lowest BCUT2D eigenvalue weighted by atomic mass is 10.1. The van der Waals surface area contributed by atoms with Crippen molar-refractivity contribution in [2.75, 3.05) is 7.05 Å². The number of carbonyl (C=O) groups excluding carboxylic acids is 1. The summed E-state index contributed by atoms with van der Waals surface area (Å²) in [6.07, 6.45) is 3.38. The first kappa shape index (κ1) is 20.9. The van der Waals surface area contributed by atoms with E-state index >= 15 is 0 Å². The summed E-state index contributed by atoms with van der Waals surface area (Å²) < 4.78 is 15.0. The standard InChI is InChI=1S/C23H22FN5OS/c1-15(17-6-10-20(11-7-17)29-14-25-13-26-29)28(3)22(30)12-21-23(27-16(2)31-21)18-4-8-19(24)9-5-18/h4-11,13-15H,12H2,1-3H3/t15-/m0/s1. The summed E-state index contributed by atoms with van der Waals surface area (Å²) in [5, 5.41) is 5.00. The van der Waals surface area contributed by atoms with Gasteiger partial charge in [-0.05, 0) is 55.8 Å². The third kappa shape index (κ3) is 4.54. The van der Waals surface area contributed by atoms with Gasteiger partial charge in [0, 0.05) is 17.5 Å². The maximum absolute atomic E-state index is 13.3. The van der Waals surface area contributed by atoms with Crippen molar-refractivity contribution in [3.8, 4) is 16.9 Å². The number of nitrogens with zero attached hydrogens (tertiary/aromatic N) is 5. The number of likely N-dealkylation sites (N-methyl/N-ethyl adjacent to an activating group) is 1. The van der Waals surface area contributed by atoms with Crippen molar-refractivity contribution < 1.29 is 9.18 Å². The lowest BCUT2D eigenvalue weighted by Gasteiger charge is -2.25. The zero-order valence-corrected chi connectivity index (χ0v) is 18.3. The van der Waals surface area contributed by atoms with E-state index in [-0.39, 0.29) is 24.2 Å². The van der Waals surface area contributed by atoms with Crippen molar-refractivity contribution in [2.45, 2.75) is 26.3 Å². The Balaban J connectivity index is 1.49. The van der Waals surface area contributed by atoms with Crippen molar-refractivity contribution in [3.63, 3.8) is 0 Å². The van der Waals surface area contributed by atoms with E-state index in [2.05, 4.69) is 15.1 Å². The Labute approximate surface area is 184 Å². The molecular weight excluding hydrogens is 413 g/mol. The molecule has 0 radical (unpaired) electrons. The molecule has 1 atom stereocenters. The highest BCUT2D eigenvalue weighted by molar-refractivity contribution is 7.12. The fourth-order valence-corrected chi connectivity index (χ4v) is 4.32. The second-order valence-electron chi connectivity index (χ2n) is 7.30. The van der Waals surface area contributed by atoms with Crippen molar-refractivity contribution in [1.29, 1.82) is 0 Å². The second kappa shape index (κ2) is 8.77. The highest BCUT2D eigenvalue weighted by Crippen LogP contribution is 2.30. The van der Waals surface area contributed by atoms with E-state index in [0.717, 1.165) is 32.4 Å². The Morgan fingerprint density at radius 1 is 1.16 bits per heavy atom. The Hall–Kier alpha value is -3.39. The number of rotatable bonds is 6. The van der Waals surface area contributed by atoms with Gasteiger partial charge in [0.2, 0.25) is 5.91 Å². The van der Waals surface area contributed by atoms with Gasteiger partial charge in [-0.3, -0.25) is 4.79 Å².